The van der Waals surface area contributed by atoms with Crippen LogP contribution >= 0.6 is 0 Å². The molecule has 1 aromatic rings. The van der Waals surface area contributed by atoms with E-state index in [4.69, 9.17) is 0 Å². The summed E-state index contributed by atoms with van der Waals surface area (Å²) in [5, 5.41) is 3.64. The first kappa shape index (κ1) is 11.4. The first-order valence-electron chi connectivity index (χ1n) is 4.69. The molecule has 0 unspecified atom stereocenters. The minimum atomic E-state index is -0.375. The van der Waals surface area contributed by atoms with Crippen molar-refractivity contribution < 1.29 is 4.79 Å². The average molecular weight is 206 g/mol. The fourth-order valence-corrected chi connectivity index (χ4v) is 1.76. The molecule has 0 aliphatic rings. The zero-order valence-corrected chi connectivity index (χ0v) is 9.37. The van der Waals surface area contributed by atoms with E-state index in [-0.39, 0.29) is 5.91 Å². The Morgan fingerprint density at radius 2 is 1.67 bits per heavy atom. The monoisotopic (exact) mass is 206 g/mol. The van der Waals surface area contributed by atoms with Crippen LogP contribution in [-0.4, -0.2) is 5.91 Å². The molecular weight excluding hydrogens is 192 g/mol. The van der Waals surface area contributed by atoms with Gasteiger partial charge in [-0.05, 0) is 31.9 Å². The van der Waals surface area contributed by atoms with E-state index in [0.29, 0.717) is 5.69 Å². The highest BCUT2D eigenvalue weighted by atomic mass is 16.3. The molecule has 1 amide bonds. The smallest absolute Gasteiger partial charge is 0.246 e. The van der Waals surface area contributed by atoms with Crippen molar-refractivity contribution in [2.45, 2.75) is 27.7 Å². The van der Waals surface area contributed by atoms with Crippen LogP contribution in [-0.2, 0) is 4.79 Å². The number of carbonyl (C=O) groups excluding carboxylic acids is 1. The highest BCUT2D eigenvalue weighted by Gasteiger charge is 2.16. The third kappa shape index (κ3) is 2.21. The van der Waals surface area contributed by atoms with E-state index in [1.54, 1.807) is 0 Å². The summed E-state index contributed by atoms with van der Waals surface area (Å²) >= 11 is 0. The summed E-state index contributed by atoms with van der Waals surface area (Å²) in [5.74, 6) is -0.375. The summed E-state index contributed by atoms with van der Waals surface area (Å²) in [7, 11) is 0. The van der Waals surface area contributed by atoms with Crippen molar-refractivity contribution in [3.8, 4) is 0 Å². The van der Waals surface area contributed by atoms with Crippen LogP contribution in [0.15, 0.2) is 17.4 Å². The number of hydrogen-bond acceptors (Lipinski definition) is 3. The van der Waals surface area contributed by atoms with Crippen LogP contribution in [0.3, 0.4) is 0 Å². The van der Waals surface area contributed by atoms with Gasteiger partial charge in [0.25, 0.3) is 0 Å². The van der Waals surface area contributed by atoms with Gasteiger partial charge in [-0.25, -0.2) is 0 Å². The number of nitroso groups, excluding NO2 is 1. The van der Waals surface area contributed by atoms with Gasteiger partial charge in [-0.3, -0.25) is 4.79 Å². The van der Waals surface area contributed by atoms with Crippen LogP contribution in [0.1, 0.15) is 23.6 Å². The van der Waals surface area contributed by atoms with Crippen molar-refractivity contribution in [2.75, 3.05) is 5.01 Å². The molecule has 0 heterocycles. The van der Waals surface area contributed by atoms with E-state index in [2.05, 4.69) is 5.29 Å². The quantitative estimate of drug-likeness (QED) is 0.551. The number of aryl methyl sites for hydroxylation is 3. The molecule has 0 aromatic heterocycles. The SMILES string of the molecule is CC(=O)N(N=O)c1c(C)cc(C)cc1C. The predicted molar refractivity (Wildman–Crippen MR) is 59.6 cm³/mol. The third-order valence-corrected chi connectivity index (χ3v) is 2.23. The summed E-state index contributed by atoms with van der Waals surface area (Å²) < 4.78 is 0. The fraction of sp³-hybridized carbons (Fsp3) is 0.364. The second-order valence-electron chi connectivity index (χ2n) is 3.66. The molecule has 0 aliphatic carbocycles. The highest BCUT2D eigenvalue weighted by Crippen LogP contribution is 2.26. The topological polar surface area (TPSA) is 49.7 Å². The molecule has 0 saturated heterocycles. The zero-order chi connectivity index (χ0) is 11.6. The van der Waals surface area contributed by atoms with Crippen molar-refractivity contribution >= 4 is 11.6 Å². The molecule has 0 bridgehead atoms. The average Bonchev–Trinajstić information content (AvgIpc) is 2.09. The summed E-state index contributed by atoms with van der Waals surface area (Å²) in [6, 6.07) is 3.84. The Morgan fingerprint density at radius 1 is 1.20 bits per heavy atom. The maximum absolute atomic E-state index is 11.2. The zero-order valence-electron chi connectivity index (χ0n) is 9.37. The normalized spacial score (nSPS) is 9.87. The van der Waals surface area contributed by atoms with Crippen LogP contribution in [0.2, 0.25) is 0 Å². The Balaban J connectivity index is 3.35. The number of amides is 1. The Labute approximate surface area is 88.8 Å². The predicted octanol–water partition coefficient (Wildman–Crippen LogP) is 2.65. The number of benzene rings is 1. The van der Waals surface area contributed by atoms with Gasteiger partial charge in [-0.15, -0.1) is 4.91 Å². The molecule has 80 valence electrons. The van der Waals surface area contributed by atoms with E-state index in [0.717, 1.165) is 21.7 Å². The lowest BCUT2D eigenvalue weighted by molar-refractivity contribution is -0.116. The molecule has 0 fully saturated rings. The van der Waals surface area contributed by atoms with Gasteiger partial charge in [-0.1, -0.05) is 17.7 Å². The molecule has 0 N–H and O–H groups in total. The fourth-order valence-electron chi connectivity index (χ4n) is 1.76. The van der Waals surface area contributed by atoms with Crippen molar-refractivity contribution in [3.63, 3.8) is 0 Å². The molecule has 4 heteroatoms. The number of hydrogen-bond donors (Lipinski definition) is 0. The van der Waals surface area contributed by atoms with Gasteiger partial charge in [-0.2, -0.15) is 5.01 Å². The summed E-state index contributed by atoms with van der Waals surface area (Å²) in [6.45, 7) is 7.00. The van der Waals surface area contributed by atoms with Gasteiger partial charge in [0.05, 0.1) is 11.0 Å². The molecule has 0 spiro atoms. The second-order valence-corrected chi connectivity index (χ2v) is 3.66. The van der Waals surface area contributed by atoms with Crippen LogP contribution in [0.4, 0.5) is 5.69 Å². The van der Waals surface area contributed by atoms with Gasteiger partial charge >= 0.3 is 0 Å². The Bertz CT molecular complexity index is 390. The van der Waals surface area contributed by atoms with Crippen LogP contribution in [0.5, 0.6) is 0 Å². The minimum absolute atomic E-state index is 0.375. The largest absolute Gasteiger partial charge is 0.273 e. The third-order valence-electron chi connectivity index (χ3n) is 2.23. The Morgan fingerprint density at radius 3 is 2.00 bits per heavy atom. The van der Waals surface area contributed by atoms with Crippen molar-refractivity contribution in [2.24, 2.45) is 5.29 Å². The second kappa shape index (κ2) is 4.21. The highest BCUT2D eigenvalue weighted by molar-refractivity contribution is 5.92. The van der Waals surface area contributed by atoms with E-state index in [1.165, 1.54) is 6.92 Å². The Hall–Kier alpha value is -1.71. The van der Waals surface area contributed by atoms with Gasteiger partial charge in [0.2, 0.25) is 5.91 Å². The van der Waals surface area contributed by atoms with E-state index in [1.807, 2.05) is 32.9 Å². The molecule has 1 aromatic carbocycles. The maximum atomic E-state index is 11.2. The van der Waals surface area contributed by atoms with Crippen molar-refractivity contribution in [1.82, 2.24) is 0 Å². The van der Waals surface area contributed by atoms with Gasteiger partial charge < -0.3 is 0 Å². The minimum Gasteiger partial charge on any atom is -0.273 e. The number of nitrogens with zero attached hydrogens (tertiary/aromatic N) is 2. The van der Waals surface area contributed by atoms with Gasteiger partial charge in [0, 0.05) is 6.92 Å². The lowest BCUT2D eigenvalue weighted by atomic mass is 10.0. The van der Waals surface area contributed by atoms with E-state index >= 15 is 0 Å². The van der Waals surface area contributed by atoms with E-state index in [9.17, 15) is 9.70 Å². The summed E-state index contributed by atoms with van der Waals surface area (Å²) in [6.07, 6.45) is 0. The van der Waals surface area contributed by atoms with Crippen molar-refractivity contribution in [1.29, 1.82) is 0 Å². The molecule has 0 aliphatic heterocycles. The van der Waals surface area contributed by atoms with Crippen LogP contribution < -0.4 is 5.01 Å². The van der Waals surface area contributed by atoms with E-state index < -0.39 is 0 Å². The summed E-state index contributed by atoms with van der Waals surface area (Å²) in [5.41, 5.74) is 3.44. The number of carbonyl (C=O) groups is 1. The first-order valence-corrected chi connectivity index (χ1v) is 4.69. The first-order chi connectivity index (χ1) is 6.97. The number of rotatable bonds is 2. The number of anilines is 1. The molecular formula is C11H14N2O2. The molecule has 4 nitrogen and oxygen atoms in total. The standard InChI is InChI=1S/C11H14N2O2/c1-7-5-8(2)11(9(3)6-7)13(12-15)10(4)14/h5-6H,1-4H3. The van der Waals surface area contributed by atoms with Gasteiger partial charge in [0.1, 0.15) is 0 Å². The lowest BCUT2D eigenvalue weighted by Gasteiger charge is -2.17. The Kier molecular flexibility index (Phi) is 3.19. The van der Waals surface area contributed by atoms with Crippen LogP contribution in [0.25, 0.3) is 0 Å². The van der Waals surface area contributed by atoms with Crippen LogP contribution in [0, 0.1) is 25.7 Å². The summed E-state index contributed by atoms with van der Waals surface area (Å²) in [4.78, 5) is 21.8. The van der Waals surface area contributed by atoms with Gasteiger partial charge in [0.15, 0.2) is 0 Å². The molecule has 0 atom stereocenters. The van der Waals surface area contributed by atoms with Crippen molar-refractivity contribution in [3.05, 3.63) is 33.7 Å². The molecule has 0 radical (unpaired) electrons. The lowest BCUT2D eigenvalue weighted by Crippen LogP contribution is -2.23. The molecule has 1 rings (SSSR count). The molecule has 15 heavy (non-hydrogen) atoms. The molecule has 0 saturated carbocycles. The maximum Gasteiger partial charge on any atom is 0.246 e.